The third kappa shape index (κ3) is 6.46. The monoisotopic (exact) mass is 302 g/mol. The molecule has 3 N–H and O–H groups in total. The molecule has 0 fully saturated rings. The van der Waals surface area contributed by atoms with Crippen molar-refractivity contribution in [2.24, 2.45) is 0 Å². The highest BCUT2D eigenvalue weighted by molar-refractivity contribution is 5.90. The fourth-order valence-corrected chi connectivity index (χ4v) is 1.45. The molecule has 1 aromatic carbocycles. The van der Waals surface area contributed by atoms with Crippen LogP contribution in [-0.4, -0.2) is 29.8 Å². The van der Waals surface area contributed by atoms with Crippen molar-refractivity contribution in [1.82, 2.24) is 5.32 Å². The van der Waals surface area contributed by atoms with Crippen LogP contribution in [0.5, 0.6) is 0 Å². The highest BCUT2D eigenvalue weighted by Gasteiger charge is 2.27. The van der Waals surface area contributed by atoms with E-state index in [4.69, 9.17) is 5.11 Å². The van der Waals surface area contributed by atoms with E-state index >= 15 is 0 Å². The second-order valence-corrected chi connectivity index (χ2v) is 4.17. The molecule has 0 bridgehead atoms. The minimum Gasteiger partial charge on any atom is -0.478 e. The highest BCUT2D eigenvalue weighted by atomic mass is 19.4. The lowest BCUT2D eigenvalue weighted by Crippen LogP contribution is -2.36. The Balaban J connectivity index is 2.68. The number of carbonyl (C=O) groups excluding carboxylic acids is 1. The topological polar surface area (TPSA) is 78.4 Å². The largest absolute Gasteiger partial charge is 0.478 e. The zero-order valence-corrected chi connectivity index (χ0v) is 11.0. The number of carbonyl (C=O) groups is 2. The molecule has 0 spiro atoms. The summed E-state index contributed by atoms with van der Waals surface area (Å²) in [5.41, 5.74) is 1.52. The number of carboxylic acid groups (broad SMARTS) is 1. The summed E-state index contributed by atoms with van der Waals surface area (Å²) in [6, 6.07) is 3.64. The normalized spacial score (nSPS) is 11.4. The molecular formula is C13H13F3N2O3. The molecule has 8 heteroatoms. The van der Waals surface area contributed by atoms with E-state index in [1.165, 1.54) is 18.2 Å². The summed E-state index contributed by atoms with van der Waals surface area (Å²) in [7, 11) is 0. The zero-order chi connectivity index (χ0) is 16.0. The van der Waals surface area contributed by atoms with Crippen molar-refractivity contribution in [3.05, 3.63) is 35.4 Å². The summed E-state index contributed by atoms with van der Waals surface area (Å²) in [5.74, 6) is -1.10. The van der Waals surface area contributed by atoms with Crippen LogP contribution in [0, 0.1) is 6.92 Å². The van der Waals surface area contributed by atoms with Crippen molar-refractivity contribution in [2.75, 3.05) is 11.9 Å². The SMILES string of the molecule is Cc1cc(/C=C/C(=O)O)ccc1NC(=O)NCC(F)(F)F. The van der Waals surface area contributed by atoms with Gasteiger partial charge < -0.3 is 15.7 Å². The first-order valence-corrected chi connectivity index (χ1v) is 5.80. The molecule has 21 heavy (non-hydrogen) atoms. The molecule has 5 nitrogen and oxygen atoms in total. The van der Waals surface area contributed by atoms with Crippen LogP contribution in [0.25, 0.3) is 6.08 Å². The molecule has 0 aliphatic carbocycles. The van der Waals surface area contributed by atoms with Crippen LogP contribution in [0.15, 0.2) is 24.3 Å². The second kappa shape index (κ2) is 6.78. The first-order valence-electron chi connectivity index (χ1n) is 5.80. The quantitative estimate of drug-likeness (QED) is 0.748. The van der Waals surface area contributed by atoms with E-state index in [9.17, 15) is 22.8 Å². The van der Waals surface area contributed by atoms with Gasteiger partial charge in [0.25, 0.3) is 0 Å². The van der Waals surface area contributed by atoms with Gasteiger partial charge in [0.2, 0.25) is 0 Å². The van der Waals surface area contributed by atoms with Crippen LogP contribution in [0.3, 0.4) is 0 Å². The van der Waals surface area contributed by atoms with Crippen molar-refractivity contribution in [3.63, 3.8) is 0 Å². The fourth-order valence-electron chi connectivity index (χ4n) is 1.45. The van der Waals surface area contributed by atoms with Crippen molar-refractivity contribution in [2.45, 2.75) is 13.1 Å². The number of aliphatic carboxylic acids is 1. The average Bonchev–Trinajstić information content (AvgIpc) is 2.36. The number of rotatable bonds is 4. The van der Waals surface area contributed by atoms with Gasteiger partial charge in [0.1, 0.15) is 6.54 Å². The van der Waals surface area contributed by atoms with Gasteiger partial charge in [-0.3, -0.25) is 0 Å². The Hall–Kier alpha value is -2.51. The molecule has 114 valence electrons. The molecular weight excluding hydrogens is 289 g/mol. The molecule has 0 aliphatic rings. The van der Waals surface area contributed by atoms with E-state index < -0.39 is 24.7 Å². The molecule has 0 saturated carbocycles. The van der Waals surface area contributed by atoms with Gasteiger partial charge in [-0.2, -0.15) is 13.2 Å². The number of benzene rings is 1. The summed E-state index contributed by atoms with van der Waals surface area (Å²) in [6.07, 6.45) is -2.15. The number of hydrogen-bond donors (Lipinski definition) is 3. The van der Waals surface area contributed by atoms with Crippen molar-refractivity contribution in [3.8, 4) is 0 Å². The predicted molar refractivity (Wildman–Crippen MR) is 70.9 cm³/mol. The zero-order valence-electron chi connectivity index (χ0n) is 11.0. The maximum atomic E-state index is 11.9. The summed E-state index contributed by atoms with van der Waals surface area (Å²) >= 11 is 0. The summed E-state index contributed by atoms with van der Waals surface area (Å²) < 4.78 is 35.8. The summed E-state index contributed by atoms with van der Waals surface area (Å²) in [6.45, 7) is 0.217. The number of amides is 2. The van der Waals surface area contributed by atoms with Gasteiger partial charge >= 0.3 is 18.2 Å². The minimum atomic E-state index is -4.47. The number of alkyl halides is 3. The Morgan fingerprint density at radius 3 is 2.52 bits per heavy atom. The standard InChI is InChI=1S/C13H13F3N2O3/c1-8-6-9(3-5-11(19)20)2-4-10(8)18-12(21)17-7-13(14,15)16/h2-6H,7H2,1H3,(H,19,20)(H2,17,18,21)/b5-3+. The van der Waals surface area contributed by atoms with E-state index in [2.05, 4.69) is 5.32 Å². The van der Waals surface area contributed by atoms with Crippen LogP contribution < -0.4 is 10.6 Å². The molecule has 1 aromatic rings. The van der Waals surface area contributed by atoms with E-state index in [0.29, 0.717) is 16.8 Å². The Kier molecular flexibility index (Phi) is 5.34. The third-order valence-electron chi connectivity index (χ3n) is 2.37. The van der Waals surface area contributed by atoms with E-state index in [1.54, 1.807) is 18.3 Å². The van der Waals surface area contributed by atoms with Crippen LogP contribution >= 0.6 is 0 Å². The van der Waals surface area contributed by atoms with E-state index in [1.807, 2.05) is 0 Å². The van der Waals surface area contributed by atoms with Crippen molar-refractivity contribution in [1.29, 1.82) is 0 Å². The Morgan fingerprint density at radius 2 is 2.00 bits per heavy atom. The summed E-state index contributed by atoms with van der Waals surface area (Å²) in [4.78, 5) is 21.7. The molecule has 1 rings (SSSR count). The maximum absolute atomic E-state index is 11.9. The number of aryl methyl sites for hydroxylation is 1. The molecule has 0 radical (unpaired) electrons. The van der Waals surface area contributed by atoms with Gasteiger partial charge in [-0.1, -0.05) is 6.07 Å². The van der Waals surface area contributed by atoms with Gasteiger partial charge in [0, 0.05) is 11.8 Å². The van der Waals surface area contributed by atoms with E-state index in [0.717, 1.165) is 6.08 Å². The van der Waals surface area contributed by atoms with Crippen LogP contribution in [-0.2, 0) is 4.79 Å². The Morgan fingerprint density at radius 1 is 1.33 bits per heavy atom. The van der Waals surface area contributed by atoms with Crippen molar-refractivity contribution < 1.29 is 27.9 Å². The fraction of sp³-hybridized carbons (Fsp3) is 0.231. The van der Waals surface area contributed by atoms with Crippen LogP contribution in [0.2, 0.25) is 0 Å². The van der Waals surface area contributed by atoms with Gasteiger partial charge in [-0.05, 0) is 36.3 Å². The number of urea groups is 1. The predicted octanol–water partition coefficient (Wildman–Crippen LogP) is 2.78. The number of halogens is 3. The lowest BCUT2D eigenvalue weighted by atomic mass is 10.1. The lowest BCUT2D eigenvalue weighted by molar-refractivity contribution is -0.131. The number of hydrogen-bond acceptors (Lipinski definition) is 2. The molecule has 0 saturated heterocycles. The lowest BCUT2D eigenvalue weighted by Gasteiger charge is -2.11. The summed E-state index contributed by atoms with van der Waals surface area (Å²) in [5, 5.41) is 12.5. The van der Waals surface area contributed by atoms with Gasteiger partial charge in [-0.25, -0.2) is 9.59 Å². The number of carboxylic acids is 1. The van der Waals surface area contributed by atoms with Crippen LogP contribution in [0.1, 0.15) is 11.1 Å². The molecule has 0 heterocycles. The van der Waals surface area contributed by atoms with Gasteiger partial charge in [0.15, 0.2) is 0 Å². The average molecular weight is 302 g/mol. The molecule has 0 aromatic heterocycles. The van der Waals surface area contributed by atoms with Gasteiger partial charge in [-0.15, -0.1) is 0 Å². The molecule has 0 atom stereocenters. The second-order valence-electron chi connectivity index (χ2n) is 4.17. The number of anilines is 1. The third-order valence-corrected chi connectivity index (χ3v) is 2.37. The minimum absolute atomic E-state index is 0.335. The first kappa shape index (κ1) is 16.5. The van der Waals surface area contributed by atoms with Gasteiger partial charge in [0.05, 0.1) is 0 Å². The Labute approximate surface area is 118 Å². The Bertz CT molecular complexity index is 568. The number of nitrogens with one attached hydrogen (secondary N) is 2. The maximum Gasteiger partial charge on any atom is 0.405 e. The molecule has 2 amide bonds. The first-order chi connectivity index (χ1) is 9.67. The highest BCUT2D eigenvalue weighted by Crippen LogP contribution is 2.18. The van der Waals surface area contributed by atoms with Crippen molar-refractivity contribution >= 4 is 23.8 Å². The molecule has 0 unspecified atom stereocenters. The van der Waals surface area contributed by atoms with Crippen LogP contribution in [0.4, 0.5) is 23.7 Å². The molecule has 0 aliphatic heterocycles. The smallest absolute Gasteiger partial charge is 0.405 e. The van der Waals surface area contributed by atoms with E-state index in [-0.39, 0.29) is 0 Å².